The van der Waals surface area contributed by atoms with Crippen LogP contribution in [0.15, 0.2) is 36.8 Å². The van der Waals surface area contributed by atoms with E-state index in [-0.39, 0.29) is 6.04 Å². The fourth-order valence-corrected chi connectivity index (χ4v) is 2.05. The van der Waals surface area contributed by atoms with Crippen molar-refractivity contribution in [2.75, 3.05) is 11.9 Å². The Morgan fingerprint density at radius 1 is 1.30 bits per heavy atom. The summed E-state index contributed by atoms with van der Waals surface area (Å²) in [7, 11) is 0. The zero-order chi connectivity index (χ0) is 16.9. The van der Waals surface area contributed by atoms with Crippen molar-refractivity contribution in [3.63, 3.8) is 0 Å². The Hall–Kier alpha value is -2.50. The first kappa shape index (κ1) is 16.9. The van der Waals surface area contributed by atoms with Gasteiger partial charge < -0.3 is 20.4 Å². The van der Waals surface area contributed by atoms with E-state index in [4.69, 9.17) is 4.74 Å². The maximum atomic E-state index is 11.6. The minimum atomic E-state index is -0.483. The van der Waals surface area contributed by atoms with Crippen LogP contribution >= 0.6 is 0 Å². The highest BCUT2D eigenvalue weighted by Gasteiger charge is 2.16. The maximum absolute atomic E-state index is 11.6. The van der Waals surface area contributed by atoms with Gasteiger partial charge in [-0.3, -0.25) is 0 Å². The molecule has 0 aliphatic heterocycles. The zero-order valence-corrected chi connectivity index (χ0v) is 14.0. The van der Waals surface area contributed by atoms with Gasteiger partial charge in [0.2, 0.25) is 0 Å². The van der Waals surface area contributed by atoms with Gasteiger partial charge in [0.05, 0.1) is 18.2 Å². The van der Waals surface area contributed by atoms with Gasteiger partial charge in [0.1, 0.15) is 5.60 Å². The minimum Gasteiger partial charge on any atom is -0.444 e. The van der Waals surface area contributed by atoms with Crippen LogP contribution in [0.25, 0.3) is 11.3 Å². The normalized spacial score (nSPS) is 12.5. The number of H-pyrrole nitrogens is 1. The molecule has 2 aromatic rings. The Labute approximate surface area is 136 Å². The number of ether oxygens (including phenoxy) is 1. The highest BCUT2D eigenvalue weighted by molar-refractivity contribution is 5.67. The molecule has 1 heterocycles. The molecule has 124 valence electrons. The standard InChI is InChI=1S/C17H24N4O2/c1-12(9-19-16(22)23-17(2,3)4)21-14-7-5-13(6-8-14)15-10-18-11-20-15/h5-8,10-12,21H,9H2,1-4H3,(H,18,20)(H,19,22). The number of imidazole rings is 1. The number of carbonyl (C=O) groups is 1. The lowest BCUT2D eigenvalue weighted by molar-refractivity contribution is 0.0526. The predicted molar refractivity (Wildman–Crippen MR) is 91.3 cm³/mol. The van der Waals surface area contributed by atoms with Crippen molar-refractivity contribution in [3.05, 3.63) is 36.8 Å². The van der Waals surface area contributed by atoms with E-state index in [0.717, 1.165) is 16.9 Å². The molecule has 6 nitrogen and oxygen atoms in total. The lowest BCUT2D eigenvalue weighted by atomic mass is 10.1. The molecule has 0 spiro atoms. The molecule has 1 amide bonds. The molecular weight excluding hydrogens is 292 g/mol. The molecule has 0 bridgehead atoms. The van der Waals surface area contributed by atoms with Crippen molar-refractivity contribution in [1.29, 1.82) is 0 Å². The fraction of sp³-hybridized carbons (Fsp3) is 0.412. The van der Waals surface area contributed by atoms with Crippen molar-refractivity contribution in [2.45, 2.75) is 39.3 Å². The lowest BCUT2D eigenvalue weighted by Crippen LogP contribution is -2.38. The van der Waals surface area contributed by atoms with E-state index in [9.17, 15) is 4.79 Å². The molecule has 1 unspecified atom stereocenters. The monoisotopic (exact) mass is 316 g/mol. The van der Waals surface area contributed by atoms with Gasteiger partial charge in [0.25, 0.3) is 0 Å². The van der Waals surface area contributed by atoms with Gasteiger partial charge in [-0.1, -0.05) is 12.1 Å². The zero-order valence-electron chi connectivity index (χ0n) is 14.0. The highest BCUT2D eigenvalue weighted by Crippen LogP contribution is 2.19. The summed E-state index contributed by atoms with van der Waals surface area (Å²) in [4.78, 5) is 18.7. The number of amides is 1. The van der Waals surface area contributed by atoms with Gasteiger partial charge >= 0.3 is 6.09 Å². The van der Waals surface area contributed by atoms with Crippen LogP contribution in [-0.2, 0) is 4.74 Å². The Morgan fingerprint density at radius 3 is 2.57 bits per heavy atom. The van der Waals surface area contributed by atoms with Gasteiger partial charge in [-0.15, -0.1) is 0 Å². The SMILES string of the molecule is CC(CNC(=O)OC(C)(C)C)Nc1ccc(-c2cnc[nH]2)cc1. The van der Waals surface area contributed by atoms with Crippen LogP contribution < -0.4 is 10.6 Å². The average molecular weight is 316 g/mol. The van der Waals surface area contributed by atoms with E-state index in [1.54, 1.807) is 12.5 Å². The number of carbonyl (C=O) groups excluding carboxylic acids is 1. The molecule has 23 heavy (non-hydrogen) atoms. The Morgan fingerprint density at radius 2 is 2.00 bits per heavy atom. The summed E-state index contributed by atoms with van der Waals surface area (Å²) in [6.45, 7) is 8.01. The number of anilines is 1. The quantitative estimate of drug-likeness (QED) is 0.790. The molecule has 0 aliphatic rings. The fourth-order valence-electron chi connectivity index (χ4n) is 2.05. The van der Waals surface area contributed by atoms with Gasteiger partial charge in [-0.25, -0.2) is 9.78 Å². The summed E-state index contributed by atoms with van der Waals surface area (Å²) in [5.74, 6) is 0. The summed E-state index contributed by atoms with van der Waals surface area (Å²) in [6.07, 6.45) is 3.04. The lowest BCUT2D eigenvalue weighted by Gasteiger charge is -2.21. The molecule has 2 rings (SSSR count). The summed E-state index contributed by atoms with van der Waals surface area (Å²) in [5.41, 5.74) is 2.57. The summed E-state index contributed by atoms with van der Waals surface area (Å²) in [6, 6.07) is 8.12. The molecule has 1 aromatic carbocycles. The smallest absolute Gasteiger partial charge is 0.407 e. The molecule has 0 radical (unpaired) electrons. The minimum absolute atomic E-state index is 0.0838. The van der Waals surface area contributed by atoms with Crippen LogP contribution in [0.3, 0.4) is 0 Å². The second-order valence-corrected chi connectivity index (χ2v) is 6.47. The van der Waals surface area contributed by atoms with E-state index in [2.05, 4.69) is 20.6 Å². The number of nitrogens with one attached hydrogen (secondary N) is 3. The number of hydrogen-bond donors (Lipinski definition) is 3. The van der Waals surface area contributed by atoms with Crippen LogP contribution in [0.2, 0.25) is 0 Å². The second-order valence-electron chi connectivity index (χ2n) is 6.47. The van der Waals surface area contributed by atoms with Gasteiger partial charge in [0.15, 0.2) is 0 Å². The van der Waals surface area contributed by atoms with Crippen LogP contribution in [0.1, 0.15) is 27.7 Å². The topological polar surface area (TPSA) is 79.0 Å². The van der Waals surface area contributed by atoms with E-state index in [1.807, 2.05) is 52.0 Å². The Bertz CT molecular complexity index is 615. The van der Waals surface area contributed by atoms with Crippen molar-refractivity contribution >= 4 is 11.8 Å². The number of hydrogen-bond acceptors (Lipinski definition) is 4. The second kappa shape index (κ2) is 7.17. The van der Waals surface area contributed by atoms with E-state index in [0.29, 0.717) is 6.54 Å². The van der Waals surface area contributed by atoms with E-state index < -0.39 is 11.7 Å². The number of alkyl carbamates (subject to hydrolysis) is 1. The molecule has 3 N–H and O–H groups in total. The first-order valence-electron chi connectivity index (χ1n) is 7.66. The summed E-state index contributed by atoms with van der Waals surface area (Å²) in [5, 5.41) is 6.09. The number of nitrogens with zero attached hydrogens (tertiary/aromatic N) is 1. The summed E-state index contributed by atoms with van der Waals surface area (Å²) >= 11 is 0. The summed E-state index contributed by atoms with van der Waals surface area (Å²) < 4.78 is 5.21. The Kier molecular flexibility index (Phi) is 5.26. The number of rotatable bonds is 5. The maximum Gasteiger partial charge on any atom is 0.407 e. The van der Waals surface area contributed by atoms with Crippen LogP contribution in [0.4, 0.5) is 10.5 Å². The van der Waals surface area contributed by atoms with Gasteiger partial charge in [-0.05, 0) is 45.4 Å². The van der Waals surface area contributed by atoms with Gasteiger partial charge in [0, 0.05) is 18.3 Å². The van der Waals surface area contributed by atoms with Crippen molar-refractivity contribution in [2.24, 2.45) is 0 Å². The van der Waals surface area contributed by atoms with Crippen molar-refractivity contribution in [3.8, 4) is 11.3 Å². The predicted octanol–water partition coefficient (Wildman–Crippen LogP) is 3.40. The third-order valence-corrected chi connectivity index (χ3v) is 3.06. The first-order chi connectivity index (χ1) is 10.8. The van der Waals surface area contributed by atoms with Crippen LogP contribution in [0, 0.1) is 0 Å². The first-order valence-corrected chi connectivity index (χ1v) is 7.66. The highest BCUT2D eigenvalue weighted by atomic mass is 16.6. The molecule has 6 heteroatoms. The third kappa shape index (κ3) is 5.65. The molecule has 1 atom stereocenters. The molecule has 0 aliphatic carbocycles. The number of aromatic amines is 1. The molecule has 0 fully saturated rings. The average Bonchev–Trinajstić information content (AvgIpc) is 2.98. The molecule has 0 saturated heterocycles. The van der Waals surface area contributed by atoms with Crippen LogP contribution in [0.5, 0.6) is 0 Å². The van der Waals surface area contributed by atoms with Gasteiger partial charge in [-0.2, -0.15) is 0 Å². The molecule has 1 aromatic heterocycles. The van der Waals surface area contributed by atoms with Crippen molar-refractivity contribution < 1.29 is 9.53 Å². The molecular formula is C17H24N4O2. The third-order valence-electron chi connectivity index (χ3n) is 3.06. The van der Waals surface area contributed by atoms with Crippen molar-refractivity contribution in [1.82, 2.24) is 15.3 Å². The largest absolute Gasteiger partial charge is 0.444 e. The molecule has 0 saturated carbocycles. The number of aromatic nitrogens is 2. The Balaban J connectivity index is 1.81. The van der Waals surface area contributed by atoms with E-state index >= 15 is 0 Å². The van der Waals surface area contributed by atoms with E-state index in [1.165, 1.54) is 0 Å². The number of benzene rings is 1. The van der Waals surface area contributed by atoms with Crippen LogP contribution in [-0.4, -0.2) is 34.2 Å².